The van der Waals surface area contributed by atoms with Crippen LogP contribution in [0.4, 0.5) is 17.5 Å². The van der Waals surface area contributed by atoms with Gasteiger partial charge in [-0.15, -0.1) is 5.10 Å². The van der Waals surface area contributed by atoms with Crippen LogP contribution < -0.4 is 15.5 Å². The highest BCUT2D eigenvalue weighted by Crippen LogP contribution is 2.31. The van der Waals surface area contributed by atoms with Crippen LogP contribution >= 0.6 is 0 Å². The van der Waals surface area contributed by atoms with E-state index >= 15 is 0 Å². The number of anilines is 3. The van der Waals surface area contributed by atoms with E-state index in [-0.39, 0.29) is 17.8 Å². The molecule has 2 N–H and O–H groups in total. The Hall–Kier alpha value is -5.39. The average Bonchev–Trinajstić information content (AvgIpc) is 3.62. The zero-order chi connectivity index (χ0) is 26.2. The first-order valence-electron chi connectivity index (χ1n) is 12.4. The van der Waals surface area contributed by atoms with Crippen molar-refractivity contribution in [3.05, 3.63) is 96.2 Å². The summed E-state index contributed by atoms with van der Waals surface area (Å²) in [6, 6.07) is 21.1. The number of carbonyl (C=O) groups excluding carboxylic acids is 1. The van der Waals surface area contributed by atoms with Crippen molar-refractivity contribution in [2.75, 3.05) is 22.1 Å². The van der Waals surface area contributed by atoms with Crippen molar-refractivity contribution in [3.8, 4) is 11.5 Å². The molecule has 7 rings (SSSR count). The van der Waals surface area contributed by atoms with Crippen LogP contribution in [0.1, 0.15) is 17.0 Å². The Labute approximate surface area is 222 Å². The van der Waals surface area contributed by atoms with Gasteiger partial charge in [0, 0.05) is 23.9 Å². The number of para-hydroxylation sites is 1. The summed E-state index contributed by atoms with van der Waals surface area (Å²) in [4.78, 5) is 29.0. The predicted molar refractivity (Wildman–Crippen MR) is 143 cm³/mol. The normalized spacial score (nSPS) is 16.5. The maximum Gasteiger partial charge on any atom is 0.317 e. The first-order chi connectivity index (χ1) is 19.2. The summed E-state index contributed by atoms with van der Waals surface area (Å²) >= 11 is 0. The number of benzene rings is 2. The second kappa shape index (κ2) is 9.49. The van der Waals surface area contributed by atoms with Crippen molar-refractivity contribution < 1.29 is 9.21 Å². The molecule has 3 aromatic heterocycles. The Bertz CT molecular complexity index is 1690. The first kappa shape index (κ1) is 22.8. The van der Waals surface area contributed by atoms with Crippen molar-refractivity contribution in [1.82, 2.24) is 29.9 Å². The van der Waals surface area contributed by atoms with Crippen LogP contribution in [0, 0.1) is 0 Å². The lowest BCUT2D eigenvalue weighted by atomic mass is 10.0. The monoisotopic (exact) mass is 518 g/mol. The molecule has 0 aliphatic carbocycles. The third-order valence-corrected chi connectivity index (χ3v) is 6.61. The van der Waals surface area contributed by atoms with E-state index in [1.807, 2.05) is 71.4 Å². The smallest absolute Gasteiger partial charge is 0.317 e. The Morgan fingerprint density at radius 3 is 2.69 bits per heavy atom. The van der Waals surface area contributed by atoms with Crippen molar-refractivity contribution in [1.29, 1.82) is 0 Å². The summed E-state index contributed by atoms with van der Waals surface area (Å²) in [5.74, 6) is 1.50. The quantitative estimate of drug-likeness (QED) is 0.359. The Morgan fingerprint density at radius 2 is 1.77 bits per heavy atom. The van der Waals surface area contributed by atoms with E-state index in [1.165, 1.54) is 0 Å². The first-order valence-corrected chi connectivity index (χ1v) is 12.4. The van der Waals surface area contributed by atoms with E-state index in [9.17, 15) is 4.79 Å². The molecule has 39 heavy (non-hydrogen) atoms. The third-order valence-electron chi connectivity index (χ3n) is 6.61. The van der Waals surface area contributed by atoms with Gasteiger partial charge in [-0.2, -0.15) is 5.10 Å². The van der Waals surface area contributed by atoms with Crippen LogP contribution in [0.15, 0.2) is 88.7 Å². The van der Waals surface area contributed by atoms with Crippen molar-refractivity contribution >= 4 is 29.1 Å². The second-order valence-corrected chi connectivity index (χ2v) is 9.03. The van der Waals surface area contributed by atoms with E-state index in [0.717, 1.165) is 17.0 Å². The fraction of sp³-hybridized carbons (Fsp3) is 0.148. The molecule has 1 amide bonds. The number of carbonyl (C=O) groups is 1. The lowest BCUT2D eigenvalue weighted by Gasteiger charge is -2.28. The number of benzodiazepines with no additional fused rings is 1. The van der Waals surface area contributed by atoms with Gasteiger partial charge in [0.2, 0.25) is 6.17 Å². The summed E-state index contributed by atoms with van der Waals surface area (Å²) in [6.45, 7) is 1.96. The molecule has 0 fully saturated rings. The van der Waals surface area contributed by atoms with Gasteiger partial charge < -0.3 is 20.0 Å². The average molecular weight is 519 g/mol. The Balaban J connectivity index is 1.19. The minimum absolute atomic E-state index is 0.0699. The van der Waals surface area contributed by atoms with Gasteiger partial charge in [-0.25, -0.2) is 19.6 Å². The van der Waals surface area contributed by atoms with Crippen molar-refractivity contribution in [2.24, 2.45) is 4.99 Å². The molecule has 5 aromatic rings. The molecule has 12 nitrogen and oxygen atoms in total. The zero-order valence-electron chi connectivity index (χ0n) is 20.6. The molecule has 1 atom stereocenters. The molecule has 0 spiro atoms. The predicted octanol–water partition coefficient (Wildman–Crippen LogP) is 2.97. The van der Waals surface area contributed by atoms with Gasteiger partial charge in [0.1, 0.15) is 18.0 Å². The van der Waals surface area contributed by atoms with Gasteiger partial charge in [-0.3, -0.25) is 4.79 Å². The van der Waals surface area contributed by atoms with Gasteiger partial charge in [-0.1, -0.05) is 53.6 Å². The maximum atomic E-state index is 13.2. The number of amides is 1. The van der Waals surface area contributed by atoms with Gasteiger partial charge >= 0.3 is 6.01 Å². The number of aromatic nitrogens is 6. The van der Waals surface area contributed by atoms with Gasteiger partial charge in [0.25, 0.3) is 11.8 Å². The van der Waals surface area contributed by atoms with E-state index in [4.69, 9.17) is 9.41 Å². The minimum atomic E-state index is -0.997. The second-order valence-electron chi connectivity index (χ2n) is 9.03. The number of nitrogens with one attached hydrogen (secondary N) is 2. The fourth-order valence-electron chi connectivity index (χ4n) is 4.75. The van der Waals surface area contributed by atoms with Crippen LogP contribution in [0.2, 0.25) is 0 Å². The standard InChI is InChI=1S/C27H22N10O2/c38-25-23(32-22(17-7-2-1-3-8-17)18-9-4-5-11-20(18)31-25)33-27-35-34-26(39-27)19-10-6-12-28-24(19)36-13-14-37-21(15-36)29-16-30-37/h1-12,16,23H,13-15H2,(H,31,38)(H,33,35)/t23-/m1/s1. The number of aliphatic imine (C=N–C) groups is 1. The Kier molecular flexibility index (Phi) is 5.54. The number of rotatable bonds is 5. The summed E-state index contributed by atoms with van der Waals surface area (Å²) in [6.07, 6.45) is 2.28. The van der Waals surface area contributed by atoms with Gasteiger partial charge in [0.15, 0.2) is 0 Å². The highest BCUT2D eigenvalue weighted by Gasteiger charge is 2.28. The van der Waals surface area contributed by atoms with E-state index in [2.05, 4.69) is 40.8 Å². The largest absolute Gasteiger partial charge is 0.403 e. The lowest BCUT2D eigenvalue weighted by Crippen LogP contribution is -2.35. The van der Waals surface area contributed by atoms with Crippen LogP contribution in [-0.4, -0.2) is 54.3 Å². The topological polar surface area (TPSA) is 139 Å². The van der Waals surface area contributed by atoms with Crippen LogP contribution in [0.5, 0.6) is 0 Å². The molecule has 192 valence electrons. The molecule has 2 aromatic carbocycles. The van der Waals surface area contributed by atoms with E-state index in [0.29, 0.717) is 42.4 Å². The maximum absolute atomic E-state index is 13.2. The van der Waals surface area contributed by atoms with Crippen molar-refractivity contribution in [3.63, 3.8) is 0 Å². The SMILES string of the molecule is O=C1Nc2ccccc2C(c2ccccc2)=N[C@@H]1Nc1nnc(-c2cccnc2N2CCn3ncnc3C2)o1. The highest BCUT2D eigenvalue weighted by molar-refractivity contribution is 6.19. The lowest BCUT2D eigenvalue weighted by molar-refractivity contribution is -0.116. The van der Waals surface area contributed by atoms with Crippen LogP contribution in [0.3, 0.4) is 0 Å². The number of pyridine rings is 1. The molecule has 2 aliphatic heterocycles. The van der Waals surface area contributed by atoms with E-state index in [1.54, 1.807) is 12.5 Å². The summed E-state index contributed by atoms with van der Waals surface area (Å²) in [5, 5.41) is 18.6. The Morgan fingerprint density at radius 1 is 0.923 bits per heavy atom. The van der Waals surface area contributed by atoms with Gasteiger partial charge in [-0.05, 0) is 18.2 Å². The molecule has 0 saturated heterocycles. The van der Waals surface area contributed by atoms with Gasteiger partial charge in [0.05, 0.1) is 30.1 Å². The highest BCUT2D eigenvalue weighted by atomic mass is 16.4. The number of hydrogen-bond donors (Lipinski definition) is 2. The summed E-state index contributed by atoms with van der Waals surface area (Å²) in [7, 11) is 0. The zero-order valence-corrected chi connectivity index (χ0v) is 20.6. The molecule has 5 heterocycles. The number of fused-ring (bicyclic) bond motifs is 2. The molecular weight excluding hydrogens is 496 g/mol. The fourth-order valence-corrected chi connectivity index (χ4v) is 4.75. The molecule has 0 bridgehead atoms. The molecule has 0 radical (unpaired) electrons. The van der Waals surface area contributed by atoms with Crippen molar-refractivity contribution in [2.45, 2.75) is 19.3 Å². The van der Waals surface area contributed by atoms with Crippen LogP contribution in [0.25, 0.3) is 11.5 Å². The summed E-state index contributed by atoms with van der Waals surface area (Å²) < 4.78 is 7.87. The summed E-state index contributed by atoms with van der Waals surface area (Å²) in [5.41, 5.74) is 3.74. The third kappa shape index (κ3) is 4.27. The number of nitrogens with zero attached hydrogens (tertiary/aromatic N) is 8. The molecule has 0 saturated carbocycles. The van der Waals surface area contributed by atoms with E-state index < -0.39 is 6.17 Å². The molecular formula is C27H22N10O2. The minimum Gasteiger partial charge on any atom is -0.403 e. The molecule has 0 unspecified atom stereocenters. The molecule has 12 heteroatoms. The van der Waals surface area contributed by atoms with Crippen LogP contribution in [-0.2, 0) is 17.9 Å². The number of hydrogen-bond acceptors (Lipinski definition) is 10. The molecule has 2 aliphatic rings.